The van der Waals surface area contributed by atoms with Crippen LogP contribution in [-0.4, -0.2) is 26.9 Å². The third-order valence-electron chi connectivity index (χ3n) is 6.27. The number of benzene rings is 2. The first-order chi connectivity index (χ1) is 16.6. The van der Waals surface area contributed by atoms with Crippen molar-refractivity contribution in [2.45, 2.75) is 50.0 Å². The van der Waals surface area contributed by atoms with Gasteiger partial charge in [0, 0.05) is 34.3 Å². The number of hydrogen-bond donors (Lipinski definition) is 2. The Morgan fingerprint density at radius 3 is 2.62 bits per heavy atom. The van der Waals surface area contributed by atoms with Crippen LogP contribution in [0.2, 0.25) is 5.02 Å². The van der Waals surface area contributed by atoms with E-state index in [2.05, 4.69) is 57.1 Å². The summed E-state index contributed by atoms with van der Waals surface area (Å²) in [5, 5.41) is 5.24. The van der Waals surface area contributed by atoms with Crippen molar-refractivity contribution >= 4 is 50.8 Å². The van der Waals surface area contributed by atoms with Crippen molar-refractivity contribution in [2.24, 2.45) is 0 Å². The number of rotatable bonds is 6. The smallest absolute Gasteiger partial charge is 0.223 e. The van der Waals surface area contributed by atoms with Crippen LogP contribution in [-0.2, 0) is 0 Å². The van der Waals surface area contributed by atoms with Crippen molar-refractivity contribution in [3.8, 4) is 11.1 Å². The average molecular weight is 490 g/mol. The van der Waals surface area contributed by atoms with E-state index in [0.717, 1.165) is 44.3 Å². The Bertz CT molecular complexity index is 1350. The first-order valence-corrected chi connectivity index (χ1v) is 13.4. The van der Waals surface area contributed by atoms with E-state index in [1.807, 2.05) is 36.7 Å². The van der Waals surface area contributed by atoms with Gasteiger partial charge in [-0.05, 0) is 61.2 Å². The van der Waals surface area contributed by atoms with E-state index in [0.29, 0.717) is 11.1 Å². The zero-order valence-electron chi connectivity index (χ0n) is 19.2. The normalized spacial score (nSPS) is 15.2. The number of fused-ring (bicyclic) bond motifs is 1. The topological polar surface area (TPSA) is 62.7 Å². The van der Waals surface area contributed by atoms with Crippen LogP contribution in [0.4, 0.5) is 11.8 Å². The van der Waals surface area contributed by atoms with Crippen molar-refractivity contribution in [3.63, 3.8) is 0 Å². The molecule has 34 heavy (non-hydrogen) atoms. The molecule has 1 aliphatic carbocycles. The lowest BCUT2D eigenvalue weighted by Gasteiger charge is -2.22. The van der Waals surface area contributed by atoms with Gasteiger partial charge in [-0.25, -0.2) is 15.0 Å². The van der Waals surface area contributed by atoms with E-state index in [-0.39, 0.29) is 0 Å². The predicted octanol–water partition coefficient (Wildman–Crippen LogP) is 7.49. The van der Waals surface area contributed by atoms with Gasteiger partial charge in [0.2, 0.25) is 5.95 Å². The molecule has 1 fully saturated rings. The molecule has 0 saturated heterocycles. The predicted molar refractivity (Wildman–Crippen MR) is 146 cm³/mol. The van der Waals surface area contributed by atoms with Gasteiger partial charge in [0.1, 0.15) is 5.82 Å². The number of aromatic nitrogens is 3. The Balaban J connectivity index is 1.34. The average Bonchev–Trinajstić information content (AvgIpc) is 2.85. The van der Waals surface area contributed by atoms with Crippen LogP contribution in [0.15, 0.2) is 65.8 Å². The quantitative estimate of drug-likeness (QED) is 0.275. The fourth-order valence-corrected chi connectivity index (χ4v) is 5.88. The molecule has 5 rings (SSSR count). The second kappa shape index (κ2) is 10.1. The summed E-state index contributed by atoms with van der Waals surface area (Å²) in [7, 11) is -0.496. The van der Waals surface area contributed by atoms with Crippen LogP contribution in [0.25, 0.3) is 22.0 Å². The van der Waals surface area contributed by atoms with Crippen molar-refractivity contribution in [2.75, 3.05) is 10.0 Å². The fraction of sp³-hybridized carbons (Fsp3) is 0.259. The highest BCUT2D eigenvalue weighted by Crippen LogP contribution is 2.33. The number of halogens is 1. The zero-order chi connectivity index (χ0) is 23.5. The van der Waals surface area contributed by atoms with Crippen molar-refractivity contribution in [1.29, 1.82) is 0 Å². The van der Waals surface area contributed by atoms with Gasteiger partial charge in [0.05, 0.1) is 10.5 Å². The third kappa shape index (κ3) is 5.08. The van der Waals surface area contributed by atoms with Gasteiger partial charge in [-0.3, -0.25) is 0 Å². The molecule has 2 N–H and O–H groups in total. The van der Waals surface area contributed by atoms with Crippen molar-refractivity contribution in [1.82, 2.24) is 15.0 Å². The molecule has 2 aromatic heterocycles. The number of nitrogens with zero attached hydrogens (tertiary/aromatic N) is 3. The molecule has 1 atom stereocenters. The summed E-state index contributed by atoms with van der Waals surface area (Å²) >= 11 is 6.32. The van der Waals surface area contributed by atoms with Crippen LogP contribution in [0, 0.1) is 6.92 Å². The fourth-order valence-electron chi connectivity index (χ4n) is 4.44. The molecule has 0 bridgehead atoms. The van der Waals surface area contributed by atoms with Crippen molar-refractivity contribution < 1.29 is 0 Å². The second-order valence-electron chi connectivity index (χ2n) is 8.75. The molecule has 0 aliphatic heterocycles. The van der Waals surface area contributed by atoms with E-state index >= 15 is 0 Å². The van der Waals surface area contributed by atoms with Gasteiger partial charge in [-0.15, -0.1) is 0 Å². The van der Waals surface area contributed by atoms with Gasteiger partial charge in [-0.2, -0.15) is 0 Å². The van der Waals surface area contributed by atoms with Crippen LogP contribution in [0.5, 0.6) is 0 Å². The van der Waals surface area contributed by atoms with Crippen LogP contribution >= 0.6 is 22.3 Å². The SMILES string of the molecule is C=S(Nc1cc(C)c(-c2ccc3nc(NC4CCCCC4)ncc3c2)cn1)c1ccccc1Cl. The monoisotopic (exact) mass is 489 g/mol. The summed E-state index contributed by atoms with van der Waals surface area (Å²) in [6, 6.07) is 16.6. The van der Waals surface area contributed by atoms with Gasteiger partial charge in [0.25, 0.3) is 0 Å². The minimum Gasteiger partial charge on any atom is -0.351 e. The van der Waals surface area contributed by atoms with Crippen molar-refractivity contribution in [3.05, 3.63) is 71.5 Å². The lowest BCUT2D eigenvalue weighted by Crippen LogP contribution is -2.23. The molecule has 7 heteroatoms. The lowest BCUT2D eigenvalue weighted by atomic mass is 9.96. The Hall–Kier alpha value is -2.96. The van der Waals surface area contributed by atoms with E-state index in [9.17, 15) is 0 Å². The number of aryl methyl sites for hydroxylation is 1. The van der Waals surface area contributed by atoms with Gasteiger partial charge in [0.15, 0.2) is 0 Å². The Kier molecular flexibility index (Phi) is 6.79. The molecule has 0 amide bonds. The molecule has 0 radical (unpaired) electrons. The Labute approximate surface area is 208 Å². The summed E-state index contributed by atoms with van der Waals surface area (Å²) < 4.78 is 3.38. The summed E-state index contributed by atoms with van der Waals surface area (Å²) in [4.78, 5) is 14.9. The maximum atomic E-state index is 6.32. The Morgan fingerprint density at radius 2 is 1.82 bits per heavy atom. The first-order valence-electron chi connectivity index (χ1n) is 11.6. The summed E-state index contributed by atoms with van der Waals surface area (Å²) in [5.41, 5.74) is 4.25. The number of nitrogens with one attached hydrogen (secondary N) is 2. The molecule has 5 nitrogen and oxygen atoms in total. The zero-order valence-corrected chi connectivity index (χ0v) is 20.8. The highest BCUT2D eigenvalue weighted by Gasteiger charge is 2.14. The largest absolute Gasteiger partial charge is 0.351 e. The van der Waals surface area contributed by atoms with E-state index < -0.39 is 10.7 Å². The summed E-state index contributed by atoms with van der Waals surface area (Å²) in [5.74, 6) is 5.73. The number of pyridine rings is 1. The standard InChI is InChI=1S/C27H28ClN5S/c1-18-14-26(33-34(2)25-11-7-6-10-23(25)28)29-17-22(18)19-12-13-24-20(15-19)16-30-27(32-24)31-21-8-4-3-5-9-21/h6-7,10-17,21H,2-5,8-9H2,1H3,(H,29,33)(H,30,31,32). The number of anilines is 2. The molecule has 0 spiro atoms. The van der Waals surface area contributed by atoms with Crippen LogP contribution in [0.1, 0.15) is 37.7 Å². The Morgan fingerprint density at radius 1 is 1.00 bits per heavy atom. The molecular formula is C27H28ClN5S. The first kappa shape index (κ1) is 22.8. The molecule has 1 unspecified atom stereocenters. The molecule has 4 aromatic rings. The van der Waals surface area contributed by atoms with Gasteiger partial charge < -0.3 is 10.0 Å². The number of hydrogen-bond acceptors (Lipinski definition) is 5. The molecule has 2 aromatic carbocycles. The maximum Gasteiger partial charge on any atom is 0.223 e. The highest BCUT2D eigenvalue weighted by atomic mass is 35.5. The van der Waals surface area contributed by atoms with E-state index in [1.165, 1.54) is 32.1 Å². The minimum atomic E-state index is -0.496. The third-order valence-corrected chi connectivity index (χ3v) is 8.05. The van der Waals surface area contributed by atoms with Crippen LogP contribution in [0.3, 0.4) is 0 Å². The maximum absolute atomic E-state index is 6.32. The van der Waals surface area contributed by atoms with Crippen LogP contribution < -0.4 is 10.0 Å². The summed E-state index contributed by atoms with van der Waals surface area (Å²) in [6.45, 7) is 2.09. The van der Waals surface area contributed by atoms with Gasteiger partial charge in [-0.1, -0.05) is 65.6 Å². The molecule has 1 saturated carbocycles. The highest BCUT2D eigenvalue weighted by molar-refractivity contribution is 8.15. The summed E-state index contributed by atoms with van der Waals surface area (Å²) in [6.07, 6.45) is 10.1. The molecule has 1 aliphatic rings. The molecular weight excluding hydrogens is 462 g/mol. The second-order valence-corrected chi connectivity index (χ2v) is 10.6. The van der Waals surface area contributed by atoms with E-state index in [1.54, 1.807) is 0 Å². The minimum absolute atomic E-state index is 0.489. The lowest BCUT2D eigenvalue weighted by molar-refractivity contribution is 0.461. The molecule has 2 heterocycles. The molecule has 174 valence electrons. The van der Waals surface area contributed by atoms with E-state index in [4.69, 9.17) is 16.6 Å². The van der Waals surface area contributed by atoms with Gasteiger partial charge >= 0.3 is 0 Å².